The van der Waals surface area contributed by atoms with Gasteiger partial charge in [-0.15, -0.1) is 0 Å². The van der Waals surface area contributed by atoms with Crippen molar-refractivity contribution < 1.29 is 18.7 Å². The van der Waals surface area contributed by atoms with Crippen LogP contribution in [0.1, 0.15) is 12.8 Å². The fraction of sp³-hybridized carbons (Fsp3) is 0.452. The van der Waals surface area contributed by atoms with Gasteiger partial charge in [0.05, 0.1) is 10.6 Å². The molecule has 1 saturated carbocycles. The standard InChI is InChI=1S/C31H34ClF2N7O2/c1-2-25(43)39-12-14-40(15-13-39)30-21-16-22(32)26(27-23(33)4-3-5-24(27)42)28(34)29(21)35-31(36-30)41-17-20(18-41)38-10-8-37(9-11-38)19-6-7-19/h2-5,16,19-20,42H,1,6-15,17-18H2. The first-order valence-corrected chi connectivity index (χ1v) is 15.3. The number of amides is 1. The minimum absolute atomic E-state index is 0.00754. The minimum atomic E-state index is -0.818. The molecule has 2 aromatic carbocycles. The van der Waals surface area contributed by atoms with Gasteiger partial charge in [-0.05, 0) is 37.1 Å². The number of piperazine rings is 2. The highest BCUT2D eigenvalue weighted by Gasteiger charge is 2.38. The summed E-state index contributed by atoms with van der Waals surface area (Å²) in [6, 6.07) is 6.49. The van der Waals surface area contributed by atoms with Crippen molar-refractivity contribution in [2.24, 2.45) is 0 Å². The summed E-state index contributed by atoms with van der Waals surface area (Å²) in [6.07, 6.45) is 3.94. The number of carbonyl (C=O) groups excluding carboxylic acids is 1. The predicted octanol–water partition coefficient (Wildman–Crippen LogP) is 3.74. The smallest absolute Gasteiger partial charge is 0.246 e. The van der Waals surface area contributed by atoms with Crippen LogP contribution >= 0.6 is 11.6 Å². The van der Waals surface area contributed by atoms with E-state index in [1.54, 1.807) is 11.0 Å². The maximum Gasteiger partial charge on any atom is 0.246 e. The Morgan fingerprint density at radius 1 is 0.930 bits per heavy atom. The molecule has 0 unspecified atom stereocenters. The zero-order chi connectivity index (χ0) is 29.8. The van der Waals surface area contributed by atoms with Gasteiger partial charge in [0, 0.05) is 88.5 Å². The number of hydrogen-bond donors (Lipinski definition) is 1. The van der Waals surface area contributed by atoms with Crippen LogP contribution < -0.4 is 9.80 Å². The number of hydrogen-bond acceptors (Lipinski definition) is 8. The molecule has 226 valence electrons. The van der Waals surface area contributed by atoms with Crippen LogP contribution in [0.15, 0.2) is 36.9 Å². The first-order valence-electron chi connectivity index (χ1n) is 14.9. The number of aromatic hydroxyl groups is 1. The minimum Gasteiger partial charge on any atom is -0.507 e. The quantitative estimate of drug-likeness (QED) is 0.424. The van der Waals surface area contributed by atoms with E-state index < -0.39 is 17.4 Å². The van der Waals surface area contributed by atoms with Crippen molar-refractivity contribution in [2.45, 2.75) is 24.9 Å². The number of carbonyl (C=O) groups is 1. The molecule has 3 aromatic rings. The molecule has 1 amide bonds. The van der Waals surface area contributed by atoms with Crippen LogP contribution in [0.25, 0.3) is 22.0 Å². The van der Waals surface area contributed by atoms with Crippen LogP contribution in [-0.2, 0) is 4.79 Å². The molecule has 4 heterocycles. The van der Waals surface area contributed by atoms with Crippen molar-refractivity contribution in [2.75, 3.05) is 75.2 Å². The number of aromatic nitrogens is 2. The van der Waals surface area contributed by atoms with E-state index in [2.05, 4.69) is 21.4 Å². The zero-order valence-corrected chi connectivity index (χ0v) is 24.6. The van der Waals surface area contributed by atoms with Gasteiger partial charge in [0.2, 0.25) is 11.9 Å². The van der Waals surface area contributed by atoms with E-state index in [4.69, 9.17) is 16.6 Å². The molecule has 3 aliphatic heterocycles. The van der Waals surface area contributed by atoms with E-state index in [0.717, 1.165) is 51.4 Å². The third-order valence-corrected chi connectivity index (χ3v) is 9.53. The van der Waals surface area contributed by atoms with Gasteiger partial charge in [-0.2, -0.15) is 4.98 Å². The van der Waals surface area contributed by atoms with Gasteiger partial charge >= 0.3 is 0 Å². The lowest BCUT2D eigenvalue weighted by Crippen LogP contribution is -2.63. The number of halogens is 3. The molecule has 0 atom stereocenters. The zero-order valence-electron chi connectivity index (χ0n) is 23.9. The Bertz CT molecular complexity index is 1560. The number of rotatable bonds is 6. The van der Waals surface area contributed by atoms with Crippen molar-refractivity contribution >= 4 is 40.2 Å². The molecule has 4 fully saturated rings. The maximum atomic E-state index is 16.4. The molecular weight excluding hydrogens is 576 g/mol. The Morgan fingerprint density at radius 2 is 1.60 bits per heavy atom. The van der Waals surface area contributed by atoms with Gasteiger partial charge in [0.1, 0.15) is 22.9 Å². The number of phenols is 1. The first-order chi connectivity index (χ1) is 20.8. The molecule has 4 aliphatic rings. The highest BCUT2D eigenvalue weighted by Crippen LogP contribution is 2.43. The van der Waals surface area contributed by atoms with Crippen LogP contribution in [0.5, 0.6) is 5.75 Å². The SMILES string of the molecule is C=CC(=O)N1CCN(c2nc(N3CC(N4CCN(C5CC5)CC4)C3)nc3c(F)c(-c4c(O)cccc4F)c(Cl)cc23)CC1. The lowest BCUT2D eigenvalue weighted by Gasteiger charge is -2.48. The molecule has 0 spiro atoms. The second kappa shape index (κ2) is 11.2. The molecule has 0 radical (unpaired) electrons. The molecule has 9 nitrogen and oxygen atoms in total. The third-order valence-electron chi connectivity index (χ3n) is 9.23. The van der Waals surface area contributed by atoms with Gasteiger partial charge in [-0.1, -0.05) is 24.2 Å². The Labute approximate surface area is 253 Å². The normalized spacial score (nSPS) is 20.5. The van der Waals surface area contributed by atoms with E-state index in [1.165, 1.54) is 31.1 Å². The van der Waals surface area contributed by atoms with Gasteiger partial charge in [0.15, 0.2) is 5.82 Å². The third kappa shape index (κ3) is 5.17. The fourth-order valence-electron chi connectivity index (χ4n) is 6.56. The molecule has 1 aliphatic carbocycles. The highest BCUT2D eigenvalue weighted by atomic mass is 35.5. The van der Waals surface area contributed by atoms with E-state index >= 15 is 4.39 Å². The molecule has 1 aromatic heterocycles. The number of phenolic OH excluding ortho intramolecular Hbond substituents is 1. The average molecular weight is 610 g/mol. The van der Waals surface area contributed by atoms with Crippen LogP contribution in [0, 0.1) is 11.6 Å². The lowest BCUT2D eigenvalue weighted by molar-refractivity contribution is -0.126. The second-order valence-corrected chi connectivity index (χ2v) is 12.2. The fourth-order valence-corrected chi connectivity index (χ4v) is 6.85. The van der Waals surface area contributed by atoms with Crippen molar-refractivity contribution in [1.29, 1.82) is 0 Å². The summed E-state index contributed by atoms with van der Waals surface area (Å²) in [6.45, 7) is 11.2. The Hall–Kier alpha value is -3.54. The summed E-state index contributed by atoms with van der Waals surface area (Å²) < 4.78 is 31.3. The van der Waals surface area contributed by atoms with E-state index in [0.29, 0.717) is 49.4 Å². The number of anilines is 2. The van der Waals surface area contributed by atoms with Gasteiger partial charge in [-0.3, -0.25) is 14.6 Å². The topological polar surface area (TPSA) is 79.3 Å². The van der Waals surface area contributed by atoms with E-state index in [-0.39, 0.29) is 27.6 Å². The first kappa shape index (κ1) is 28.2. The molecule has 3 saturated heterocycles. The second-order valence-electron chi connectivity index (χ2n) is 11.8. The number of fused-ring (bicyclic) bond motifs is 1. The van der Waals surface area contributed by atoms with Gasteiger partial charge in [0.25, 0.3) is 0 Å². The molecule has 7 rings (SSSR count). The Kier molecular flexibility index (Phi) is 7.35. The van der Waals surface area contributed by atoms with E-state index in [9.17, 15) is 14.3 Å². The summed E-state index contributed by atoms with van der Waals surface area (Å²) in [5.74, 6) is -1.25. The molecule has 12 heteroatoms. The summed E-state index contributed by atoms with van der Waals surface area (Å²) in [7, 11) is 0. The number of nitrogens with zero attached hydrogens (tertiary/aromatic N) is 7. The van der Waals surface area contributed by atoms with Crippen molar-refractivity contribution in [3.63, 3.8) is 0 Å². The average Bonchev–Trinajstić information content (AvgIpc) is 3.84. The number of benzene rings is 2. The van der Waals surface area contributed by atoms with Crippen LogP contribution in [-0.4, -0.2) is 113 Å². The predicted molar refractivity (Wildman–Crippen MR) is 163 cm³/mol. The highest BCUT2D eigenvalue weighted by molar-refractivity contribution is 6.34. The Morgan fingerprint density at radius 3 is 2.23 bits per heavy atom. The largest absolute Gasteiger partial charge is 0.507 e. The van der Waals surface area contributed by atoms with Crippen LogP contribution in [0.2, 0.25) is 5.02 Å². The van der Waals surface area contributed by atoms with Crippen LogP contribution in [0.3, 0.4) is 0 Å². The summed E-state index contributed by atoms with van der Waals surface area (Å²) >= 11 is 6.59. The maximum absolute atomic E-state index is 16.4. The molecule has 43 heavy (non-hydrogen) atoms. The van der Waals surface area contributed by atoms with Crippen LogP contribution in [0.4, 0.5) is 20.5 Å². The summed E-state index contributed by atoms with van der Waals surface area (Å²) in [5, 5.41) is 10.8. The van der Waals surface area contributed by atoms with Gasteiger partial charge in [-0.25, -0.2) is 13.8 Å². The molecule has 0 bridgehead atoms. The molecular formula is C31H34ClF2N7O2. The summed E-state index contributed by atoms with van der Waals surface area (Å²) in [5.41, 5.74) is -0.538. The summed E-state index contributed by atoms with van der Waals surface area (Å²) in [4.78, 5) is 32.6. The monoisotopic (exact) mass is 609 g/mol. The lowest BCUT2D eigenvalue weighted by atomic mass is 10.0. The van der Waals surface area contributed by atoms with Crippen molar-refractivity contribution in [3.05, 3.63) is 53.6 Å². The Balaban J connectivity index is 1.22. The molecule has 1 N–H and O–H groups in total. The van der Waals surface area contributed by atoms with Crippen molar-refractivity contribution in [3.8, 4) is 16.9 Å². The van der Waals surface area contributed by atoms with Gasteiger partial charge < -0.3 is 19.8 Å². The van der Waals surface area contributed by atoms with Crippen molar-refractivity contribution in [1.82, 2.24) is 24.7 Å². The van der Waals surface area contributed by atoms with E-state index in [1.807, 2.05) is 9.80 Å².